The summed E-state index contributed by atoms with van der Waals surface area (Å²) in [4.78, 5) is 4.14. The maximum Gasteiger partial charge on any atom is 0.209 e. The van der Waals surface area contributed by atoms with Gasteiger partial charge in [-0.05, 0) is 12.1 Å². The number of fused-ring (bicyclic) bond motifs is 1. The quantitative estimate of drug-likeness (QED) is 0.734. The van der Waals surface area contributed by atoms with Crippen molar-refractivity contribution in [2.75, 3.05) is 0 Å². The van der Waals surface area contributed by atoms with E-state index in [0.717, 1.165) is 11.1 Å². The van der Waals surface area contributed by atoms with E-state index in [2.05, 4.69) is 4.98 Å². The Balaban J connectivity index is 0.000000720. The maximum absolute atomic E-state index is 5.36. The zero-order valence-electron chi connectivity index (χ0n) is 6.36. The Morgan fingerprint density at radius 1 is 1.33 bits per heavy atom. The molecular weight excluding hydrogens is 176 g/mol. The van der Waals surface area contributed by atoms with Crippen LogP contribution in [0, 0.1) is 0 Å². The van der Waals surface area contributed by atoms with Crippen LogP contribution in [0.3, 0.4) is 0 Å². The highest BCUT2D eigenvalue weighted by Gasteiger charge is 2.00. The van der Waals surface area contributed by atoms with E-state index in [0.29, 0.717) is 12.4 Å². The lowest BCUT2D eigenvalue weighted by atomic mass is 10.3. The van der Waals surface area contributed by atoms with Crippen LogP contribution >= 0.6 is 12.4 Å². The monoisotopic (exact) mass is 184 g/mol. The van der Waals surface area contributed by atoms with Gasteiger partial charge in [0.05, 0.1) is 6.54 Å². The lowest BCUT2D eigenvalue weighted by Gasteiger charge is -1.81. The molecule has 0 aliphatic carbocycles. The summed E-state index contributed by atoms with van der Waals surface area (Å²) in [5.41, 5.74) is 7.02. The second-order valence-corrected chi connectivity index (χ2v) is 2.28. The van der Waals surface area contributed by atoms with E-state index >= 15 is 0 Å². The first-order valence-corrected chi connectivity index (χ1v) is 3.44. The molecule has 0 saturated heterocycles. The van der Waals surface area contributed by atoms with Crippen LogP contribution in [0.4, 0.5) is 0 Å². The average Bonchev–Trinajstić information content (AvgIpc) is 2.46. The van der Waals surface area contributed by atoms with E-state index in [1.807, 2.05) is 24.3 Å². The second-order valence-electron chi connectivity index (χ2n) is 2.28. The van der Waals surface area contributed by atoms with Gasteiger partial charge in [-0.15, -0.1) is 12.4 Å². The van der Waals surface area contributed by atoms with Crippen molar-refractivity contribution in [1.29, 1.82) is 0 Å². The molecule has 0 saturated carbocycles. The molecule has 0 spiro atoms. The van der Waals surface area contributed by atoms with Gasteiger partial charge in [-0.1, -0.05) is 12.1 Å². The molecule has 0 aliphatic heterocycles. The van der Waals surface area contributed by atoms with E-state index in [9.17, 15) is 0 Å². The van der Waals surface area contributed by atoms with Crippen LogP contribution in [0.1, 0.15) is 5.89 Å². The number of nitrogens with two attached hydrogens (primary N) is 1. The van der Waals surface area contributed by atoms with Crippen LogP contribution in [0.2, 0.25) is 0 Å². The summed E-state index contributed by atoms with van der Waals surface area (Å²) in [7, 11) is 0. The van der Waals surface area contributed by atoms with E-state index in [-0.39, 0.29) is 12.4 Å². The fourth-order valence-electron chi connectivity index (χ4n) is 1.01. The highest BCUT2D eigenvalue weighted by Crippen LogP contribution is 2.13. The lowest BCUT2D eigenvalue weighted by Crippen LogP contribution is -1.94. The van der Waals surface area contributed by atoms with Crippen molar-refractivity contribution < 1.29 is 4.42 Å². The van der Waals surface area contributed by atoms with Crippen LogP contribution in [-0.2, 0) is 6.54 Å². The molecule has 0 fully saturated rings. The number of oxazole rings is 1. The summed E-state index contributed by atoms with van der Waals surface area (Å²) in [6, 6.07) is 7.61. The summed E-state index contributed by atoms with van der Waals surface area (Å²) < 4.78 is 5.28. The molecule has 2 rings (SSSR count). The third-order valence-electron chi connectivity index (χ3n) is 1.51. The molecule has 0 radical (unpaired) electrons. The van der Waals surface area contributed by atoms with Crippen molar-refractivity contribution in [3.8, 4) is 0 Å². The van der Waals surface area contributed by atoms with Crippen molar-refractivity contribution in [2.45, 2.75) is 6.54 Å². The van der Waals surface area contributed by atoms with Gasteiger partial charge in [0.2, 0.25) is 5.89 Å². The molecule has 0 amide bonds. The zero-order chi connectivity index (χ0) is 7.68. The molecule has 4 heteroatoms. The predicted molar refractivity (Wildman–Crippen MR) is 49.1 cm³/mol. The van der Waals surface area contributed by atoms with Crippen LogP contribution in [0.25, 0.3) is 11.1 Å². The van der Waals surface area contributed by atoms with Crippen molar-refractivity contribution in [1.82, 2.24) is 4.98 Å². The van der Waals surface area contributed by atoms with Gasteiger partial charge < -0.3 is 10.2 Å². The molecule has 0 aliphatic rings. The third kappa shape index (κ3) is 1.42. The molecule has 0 atom stereocenters. The number of nitrogens with zero attached hydrogens (tertiary/aromatic N) is 1. The molecule has 3 nitrogen and oxygen atoms in total. The molecule has 12 heavy (non-hydrogen) atoms. The maximum atomic E-state index is 5.36. The molecule has 2 aromatic rings. The molecule has 1 aromatic heterocycles. The molecule has 2 N–H and O–H groups in total. The summed E-state index contributed by atoms with van der Waals surface area (Å²) in [5, 5.41) is 0. The van der Waals surface area contributed by atoms with Gasteiger partial charge in [-0.25, -0.2) is 4.98 Å². The number of aromatic nitrogens is 1. The smallest absolute Gasteiger partial charge is 0.209 e. The van der Waals surface area contributed by atoms with Crippen LogP contribution < -0.4 is 5.73 Å². The SMILES string of the molecule is Cl.NCc1nc2ccccc2o1. The minimum absolute atomic E-state index is 0. The first-order valence-electron chi connectivity index (χ1n) is 3.44. The Kier molecular flexibility index (Phi) is 2.68. The molecule has 0 bridgehead atoms. The Hall–Kier alpha value is -1.06. The van der Waals surface area contributed by atoms with E-state index < -0.39 is 0 Å². The fraction of sp³-hybridized carbons (Fsp3) is 0.125. The number of rotatable bonds is 1. The standard InChI is InChI=1S/C8H8N2O.ClH/c9-5-8-10-6-3-1-2-4-7(6)11-8;/h1-4H,5,9H2;1H. The van der Waals surface area contributed by atoms with Gasteiger partial charge in [0.1, 0.15) is 5.52 Å². The third-order valence-corrected chi connectivity index (χ3v) is 1.51. The van der Waals surface area contributed by atoms with Gasteiger partial charge in [0, 0.05) is 0 Å². The van der Waals surface area contributed by atoms with Crippen molar-refractivity contribution in [3.05, 3.63) is 30.2 Å². The van der Waals surface area contributed by atoms with Gasteiger partial charge in [0.25, 0.3) is 0 Å². The van der Waals surface area contributed by atoms with E-state index in [4.69, 9.17) is 10.2 Å². The number of hydrogen-bond donors (Lipinski definition) is 1. The Morgan fingerprint density at radius 3 is 2.75 bits per heavy atom. The topological polar surface area (TPSA) is 52.0 Å². The Labute approximate surface area is 76.0 Å². The first kappa shape index (κ1) is 9.03. The van der Waals surface area contributed by atoms with Crippen molar-refractivity contribution >= 4 is 23.5 Å². The minimum atomic E-state index is 0. The number of halogens is 1. The van der Waals surface area contributed by atoms with Crippen LogP contribution in [0.5, 0.6) is 0 Å². The summed E-state index contributed by atoms with van der Waals surface area (Å²) in [5.74, 6) is 0.589. The Morgan fingerprint density at radius 2 is 2.08 bits per heavy atom. The molecule has 64 valence electrons. The summed E-state index contributed by atoms with van der Waals surface area (Å²) in [6.45, 7) is 0.356. The zero-order valence-corrected chi connectivity index (χ0v) is 7.17. The van der Waals surface area contributed by atoms with Crippen LogP contribution in [0.15, 0.2) is 28.7 Å². The normalized spacial score (nSPS) is 9.75. The Bertz CT molecular complexity index is 339. The van der Waals surface area contributed by atoms with Crippen molar-refractivity contribution in [3.63, 3.8) is 0 Å². The number of benzene rings is 1. The molecule has 1 aromatic carbocycles. The summed E-state index contributed by atoms with van der Waals surface area (Å²) >= 11 is 0. The minimum Gasteiger partial charge on any atom is -0.439 e. The molecule has 1 heterocycles. The molecule has 0 unspecified atom stereocenters. The highest BCUT2D eigenvalue weighted by molar-refractivity contribution is 5.85. The van der Waals surface area contributed by atoms with E-state index in [1.54, 1.807) is 0 Å². The average molecular weight is 185 g/mol. The molecular formula is C8H9ClN2O. The van der Waals surface area contributed by atoms with Crippen molar-refractivity contribution in [2.24, 2.45) is 5.73 Å². The highest BCUT2D eigenvalue weighted by atomic mass is 35.5. The summed E-state index contributed by atoms with van der Waals surface area (Å²) in [6.07, 6.45) is 0. The number of hydrogen-bond acceptors (Lipinski definition) is 3. The van der Waals surface area contributed by atoms with Gasteiger partial charge in [-0.2, -0.15) is 0 Å². The van der Waals surface area contributed by atoms with Crippen LogP contribution in [-0.4, -0.2) is 4.98 Å². The number of para-hydroxylation sites is 2. The van der Waals surface area contributed by atoms with Gasteiger partial charge in [-0.3, -0.25) is 0 Å². The largest absolute Gasteiger partial charge is 0.439 e. The first-order chi connectivity index (χ1) is 5.40. The van der Waals surface area contributed by atoms with E-state index in [1.165, 1.54) is 0 Å². The van der Waals surface area contributed by atoms with Gasteiger partial charge in [0.15, 0.2) is 5.58 Å². The predicted octanol–water partition coefficient (Wildman–Crippen LogP) is 1.71. The second kappa shape index (κ2) is 3.56. The lowest BCUT2D eigenvalue weighted by molar-refractivity contribution is 0.533. The fourth-order valence-corrected chi connectivity index (χ4v) is 1.01. The van der Waals surface area contributed by atoms with Gasteiger partial charge >= 0.3 is 0 Å².